The van der Waals surface area contributed by atoms with Crippen molar-refractivity contribution in [1.29, 1.82) is 0 Å². The van der Waals surface area contributed by atoms with Crippen molar-refractivity contribution in [2.24, 2.45) is 17.8 Å². The van der Waals surface area contributed by atoms with Crippen LogP contribution in [0.25, 0.3) is 0 Å². The third-order valence-corrected chi connectivity index (χ3v) is 6.37. The first-order chi connectivity index (χ1) is 9.13. The molecule has 1 N–H and O–H groups in total. The maximum atomic E-state index is 3.60. The van der Waals surface area contributed by atoms with Gasteiger partial charge in [0.2, 0.25) is 0 Å². The Morgan fingerprint density at radius 3 is 2.47 bits per heavy atom. The molecular weight excluding hydrogens is 232 g/mol. The first-order valence-electron chi connectivity index (χ1n) is 8.60. The summed E-state index contributed by atoms with van der Waals surface area (Å²) in [5.74, 6) is 2.84. The van der Waals surface area contributed by atoms with E-state index < -0.39 is 0 Å². The van der Waals surface area contributed by atoms with E-state index >= 15 is 0 Å². The summed E-state index contributed by atoms with van der Waals surface area (Å²) >= 11 is 0. The third kappa shape index (κ3) is 2.47. The van der Waals surface area contributed by atoms with Crippen LogP contribution in [0.2, 0.25) is 0 Å². The third-order valence-electron chi connectivity index (χ3n) is 6.37. The van der Waals surface area contributed by atoms with E-state index in [2.05, 4.69) is 31.0 Å². The minimum absolute atomic E-state index is 0.427. The normalized spacial score (nSPS) is 42.5. The van der Waals surface area contributed by atoms with Crippen molar-refractivity contribution in [2.75, 3.05) is 19.6 Å². The standard InChI is InChI=1S/C17H32N2/c1-4-5-13-6-8-15(9-7-13)19-12-14-10-18-11-16(14)17(19,2)3/h13-16,18H,4-12H2,1-3H3. The fourth-order valence-corrected chi connectivity index (χ4v) is 5.23. The van der Waals surface area contributed by atoms with Crippen molar-refractivity contribution in [3.8, 4) is 0 Å². The summed E-state index contributed by atoms with van der Waals surface area (Å²) in [5.41, 5.74) is 0.427. The molecule has 2 heterocycles. The lowest BCUT2D eigenvalue weighted by atomic mass is 9.80. The van der Waals surface area contributed by atoms with Crippen molar-refractivity contribution in [3.05, 3.63) is 0 Å². The van der Waals surface area contributed by atoms with Crippen LogP contribution in [-0.4, -0.2) is 36.1 Å². The molecule has 1 aliphatic carbocycles. The van der Waals surface area contributed by atoms with E-state index in [4.69, 9.17) is 0 Å². The minimum Gasteiger partial charge on any atom is -0.316 e. The summed E-state index contributed by atoms with van der Waals surface area (Å²) in [6, 6.07) is 0.883. The highest BCUT2D eigenvalue weighted by molar-refractivity contribution is 5.06. The number of nitrogens with one attached hydrogen (secondary N) is 1. The first kappa shape index (κ1) is 13.9. The van der Waals surface area contributed by atoms with Crippen molar-refractivity contribution in [2.45, 2.75) is 70.9 Å². The highest BCUT2D eigenvalue weighted by Gasteiger charge is 2.51. The van der Waals surface area contributed by atoms with Crippen LogP contribution >= 0.6 is 0 Å². The van der Waals surface area contributed by atoms with E-state index in [0.717, 1.165) is 23.8 Å². The van der Waals surface area contributed by atoms with Gasteiger partial charge in [-0.25, -0.2) is 0 Å². The molecule has 0 aromatic heterocycles. The Morgan fingerprint density at radius 2 is 1.84 bits per heavy atom. The number of fused-ring (bicyclic) bond motifs is 1. The lowest BCUT2D eigenvalue weighted by Gasteiger charge is -2.44. The van der Waals surface area contributed by atoms with Gasteiger partial charge < -0.3 is 5.32 Å². The molecule has 110 valence electrons. The smallest absolute Gasteiger partial charge is 0.0200 e. The molecule has 0 spiro atoms. The van der Waals surface area contributed by atoms with E-state index in [0.29, 0.717) is 5.54 Å². The Hall–Kier alpha value is -0.0800. The quantitative estimate of drug-likeness (QED) is 0.841. The average molecular weight is 264 g/mol. The van der Waals surface area contributed by atoms with Gasteiger partial charge in [-0.3, -0.25) is 4.90 Å². The Morgan fingerprint density at radius 1 is 1.11 bits per heavy atom. The molecule has 0 amide bonds. The van der Waals surface area contributed by atoms with Crippen LogP contribution < -0.4 is 5.32 Å². The van der Waals surface area contributed by atoms with Gasteiger partial charge in [-0.15, -0.1) is 0 Å². The molecule has 2 atom stereocenters. The first-order valence-corrected chi connectivity index (χ1v) is 8.60. The van der Waals surface area contributed by atoms with Crippen molar-refractivity contribution < 1.29 is 0 Å². The van der Waals surface area contributed by atoms with E-state index in [-0.39, 0.29) is 0 Å². The maximum absolute atomic E-state index is 3.60. The predicted octanol–water partition coefficient (Wildman–Crippen LogP) is 3.28. The van der Waals surface area contributed by atoms with Gasteiger partial charge in [0, 0.05) is 24.7 Å². The predicted molar refractivity (Wildman–Crippen MR) is 81.3 cm³/mol. The Balaban J connectivity index is 1.61. The number of hydrogen-bond donors (Lipinski definition) is 1. The molecule has 0 radical (unpaired) electrons. The summed E-state index contributed by atoms with van der Waals surface area (Å²) in [6.07, 6.45) is 8.73. The lowest BCUT2D eigenvalue weighted by Crippen LogP contribution is -2.50. The zero-order valence-electron chi connectivity index (χ0n) is 13.1. The number of likely N-dealkylation sites (tertiary alicyclic amines) is 1. The van der Waals surface area contributed by atoms with Gasteiger partial charge in [0.1, 0.15) is 0 Å². The summed E-state index contributed by atoms with van der Waals surface area (Å²) in [5, 5.41) is 3.60. The molecule has 0 aromatic carbocycles. The van der Waals surface area contributed by atoms with E-state index in [9.17, 15) is 0 Å². The summed E-state index contributed by atoms with van der Waals surface area (Å²) in [6.45, 7) is 11.2. The Kier molecular flexibility index (Phi) is 3.92. The Bertz CT molecular complexity index is 304. The number of rotatable bonds is 3. The van der Waals surface area contributed by atoms with Gasteiger partial charge in [0.25, 0.3) is 0 Å². The minimum atomic E-state index is 0.427. The highest BCUT2D eigenvalue weighted by Crippen LogP contribution is 2.44. The number of hydrogen-bond acceptors (Lipinski definition) is 2. The zero-order valence-corrected chi connectivity index (χ0v) is 13.1. The van der Waals surface area contributed by atoms with Crippen molar-refractivity contribution in [1.82, 2.24) is 10.2 Å². The molecule has 0 bridgehead atoms. The SMILES string of the molecule is CCCC1CCC(N2CC3CNCC3C2(C)C)CC1. The maximum Gasteiger partial charge on any atom is 0.0200 e. The van der Waals surface area contributed by atoms with Crippen LogP contribution in [0.4, 0.5) is 0 Å². The van der Waals surface area contributed by atoms with Crippen LogP contribution in [0.5, 0.6) is 0 Å². The molecule has 1 saturated carbocycles. The van der Waals surface area contributed by atoms with E-state index in [1.807, 2.05) is 0 Å². The van der Waals surface area contributed by atoms with Gasteiger partial charge >= 0.3 is 0 Å². The Labute approximate surface area is 119 Å². The summed E-state index contributed by atoms with van der Waals surface area (Å²) < 4.78 is 0. The molecular formula is C17H32N2. The molecule has 2 nitrogen and oxygen atoms in total. The number of nitrogens with zero attached hydrogens (tertiary/aromatic N) is 1. The fraction of sp³-hybridized carbons (Fsp3) is 1.00. The fourth-order valence-electron chi connectivity index (χ4n) is 5.23. The van der Waals surface area contributed by atoms with Crippen molar-refractivity contribution in [3.63, 3.8) is 0 Å². The van der Waals surface area contributed by atoms with Crippen LogP contribution in [0.3, 0.4) is 0 Å². The second-order valence-corrected chi connectivity index (χ2v) is 7.79. The highest BCUT2D eigenvalue weighted by atomic mass is 15.3. The van der Waals surface area contributed by atoms with Gasteiger partial charge in [-0.1, -0.05) is 19.8 Å². The monoisotopic (exact) mass is 264 g/mol. The molecule has 2 unspecified atom stereocenters. The lowest BCUT2D eigenvalue weighted by molar-refractivity contribution is 0.0575. The molecule has 3 fully saturated rings. The van der Waals surface area contributed by atoms with Crippen LogP contribution in [0.1, 0.15) is 59.3 Å². The second-order valence-electron chi connectivity index (χ2n) is 7.79. The van der Waals surface area contributed by atoms with Crippen LogP contribution in [0, 0.1) is 17.8 Å². The second kappa shape index (κ2) is 5.37. The van der Waals surface area contributed by atoms with Gasteiger partial charge in [-0.05, 0) is 63.8 Å². The molecule has 2 aliphatic heterocycles. The largest absolute Gasteiger partial charge is 0.316 e. The molecule has 2 saturated heterocycles. The zero-order chi connectivity index (χ0) is 13.5. The average Bonchev–Trinajstić information content (AvgIpc) is 2.94. The van der Waals surface area contributed by atoms with Gasteiger partial charge in [0.05, 0.1) is 0 Å². The molecule has 0 aromatic rings. The van der Waals surface area contributed by atoms with Gasteiger partial charge in [0.15, 0.2) is 0 Å². The van der Waals surface area contributed by atoms with Crippen LogP contribution in [-0.2, 0) is 0 Å². The molecule has 2 heteroatoms. The molecule has 3 rings (SSSR count). The topological polar surface area (TPSA) is 15.3 Å². The van der Waals surface area contributed by atoms with E-state index in [1.165, 1.54) is 58.2 Å². The summed E-state index contributed by atoms with van der Waals surface area (Å²) in [4.78, 5) is 2.89. The van der Waals surface area contributed by atoms with Crippen molar-refractivity contribution >= 4 is 0 Å². The van der Waals surface area contributed by atoms with Gasteiger partial charge in [-0.2, -0.15) is 0 Å². The molecule has 3 aliphatic rings. The van der Waals surface area contributed by atoms with E-state index in [1.54, 1.807) is 0 Å². The molecule has 19 heavy (non-hydrogen) atoms. The summed E-state index contributed by atoms with van der Waals surface area (Å²) in [7, 11) is 0. The van der Waals surface area contributed by atoms with Crippen LogP contribution in [0.15, 0.2) is 0 Å².